The largest absolute Gasteiger partial charge is 0.461 e. The quantitative estimate of drug-likeness (QED) is 0.757. The predicted octanol–water partition coefficient (Wildman–Crippen LogP) is 1.39. The standard InChI is InChI=1S/C10H13N3O2/c1-4-15-10(14)8-5-7-6(2)12-13(3)9(7)11-8/h5,11H,4H2,1-3H3. The van der Waals surface area contributed by atoms with Crippen LogP contribution in [0, 0.1) is 6.92 Å². The molecule has 2 heterocycles. The minimum absolute atomic E-state index is 0.326. The van der Waals surface area contributed by atoms with Gasteiger partial charge in [-0.3, -0.25) is 4.68 Å². The van der Waals surface area contributed by atoms with Gasteiger partial charge in [0.25, 0.3) is 0 Å². The molecule has 0 radical (unpaired) electrons. The molecule has 0 saturated heterocycles. The van der Waals surface area contributed by atoms with Crippen LogP contribution in [0.1, 0.15) is 23.1 Å². The summed E-state index contributed by atoms with van der Waals surface area (Å²) in [5.41, 5.74) is 2.22. The molecule has 0 saturated carbocycles. The normalized spacial score (nSPS) is 10.9. The summed E-state index contributed by atoms with van der Waals surface area (Å²) in [6.07, 6.45) is 0. The zero-order valence-corrected chi connectivity index (χ0v) is 9.00. The topological polar surface area (TPSA) is 59.9 Å². The van der Waals surface area contributed by atoms with Gasteiger partial charge in [0.15, 0.2) is 0 Å². The fourth-order valence-corrected chi connectivity index (χ4v) is 1.62. The second-order valence-electron chi connectivity index (χ2n) is 3.37. The number of nitrogens with zero attached hydrogens (tertiary/aromatic N) is 2. The maximum Gasteiger partial charge on any atom is 0.354 e. The highest BCUT2D eigenvalue weighted by atomic mass is 16.5. The number of hydrogen-bond donors (Lipinski definition) is 1. The Morgan fingerprint density at radius 1 is 1.67 bits per heavy atom. The van der Waals surface area contributed by atoms with Crippen molar-refractivity contribution in [3.05, 3.63) is 17.5 Å². The molecule has 0 aliphatic carbocycles. The Bertz CT molecular complexity index is 475. The first kappa shape index (κ1) is 9.76. The third-order valence-corrected chi connectivity index (χ3v) is 2.31. The third-order valence-electron chi connectivity index (χ3n) is 2.31. The van der Waals surface area contributed by atoms with Gasteiger partial charge in [-0.1, -0.05) is 0 Å². The van der Waals surface area contributed by atoms with Crippen LogP contribution in [0.2, 0.25) is 0 Å². The summed E-state index contributed by atoms with van der Waals surface area (Å²) in [6, 6.07) is 1.77. The lowest BCUT2D eigenvalue weighted by Crippen LogP contribution is -2.05. The summed E-state index contributed by atoms with van der Waals surface area (Å²) in [5, 5.41) is 5.19. The van der Waals surface area contributed by atoms with Gasteiger partial charge in [0, 0.05) is 12.4 Å². The number of rotatable bonds is 2. The maximum atomic E-state index is 11.5. The molecule has 0 spiro atoms. The monoisotopic (exact) mass is 207 g/mol. The SMILES string of the molecule is CCOC(=O)c1cc2c(C)nn(C)c2[nH]1. The van der Waals surface area contributed by atoms with Crippen molar-refractivity contribution >= 4 is 17.0 Å². The lowest BCUT2D eigenvalue weighted by molar-refractivity contribution is 0.0520. The number of ether oxygens (including phenoxy) is 1. The van der Waals surface area contributed by atoms with Gasteiger partial charge in [-0.05, 0) is 19.9 Å². The Kier molecular flexibility index (Phi) is 2.22. The molecular formula is C10H13N3O2. The molecule has 0 amide bonds. The van der Waals surface area contributed by atoms with Crippen molar-refractivity contribution in [2.24, 2.45) is 7.05 Å². The number of aromatic amines is 1. The number of aromatic nitrogens is 3. The van der Waals surface area contributed by atoms with Crippen LogP contribution >= 0.6 is 0 Å². The first-order chi connectivity index (χ1) is 7.13. The predicted molar refractivity (Wildman–Crippen MR) is 55.8 cm³/mol. The van der Waals surface area contributed by atoms with Crippen molar-refractivity contribution in [1.29, 1.82) is 0 Å². The number of nitrogens with one attached hydrogen (secondary N) is 1. The Balaban J connectivity index is 2.47. The van der Waals surface area contributed by atoms with Crippen molar-refractivity contribution < 1.29 is 9.53 Å². The fourth-order valence-electron chi connectivity index (χ4n) is 1.62. The molecular weight excluding hydrogens is 194 g/mol. The number of H-pyrrole nitrogens is 1. The molecule has 5 nitrogen and oxygen atoms in total. The molecule has 0 aliphatic rings. The van der Waals surface area contributed by atoms with E-state index in [4.69, 9.17) is 4.74 Å². The van der Waals surface area contributed by atoms with Crippen LogP contribution in [0.15, 0.2) is 6.07 Å². The molecule has 0 unspecified atom stereocenters. The van der Waals surface area contributed by atoms with Crippen molar-refractivity contribution in [3.8, 4) is 0 Å². The Morgan fingerprint density at radius 2 is 2.40 bits per heavy atom. The van der Waals surface area contributed by atoms with Crippen molar-refractivity contribution in [2.45, 2.75) is 13.8 Å². The van der Waals surface area contributed by atoms with Crippen LogP contribution < -0.4 is 0 Å². The van der Waals surface area contributed by atoms with E-state index >= 15 is 0 Å². The van der Waals surface area contributed by atoms with Gasteiger partial charge in [0.2, 0.25) is 0 Å². The van der Waals surface area contributed by atoms with Crippen LogP contribution in [0.5, 0.6) is 0 Å². The summed E-state index contributed by atoms with van der Waals surface area (Å²) in [5.74, 6) is -0.326. The molecule has 0 atom stereocenters. The Labute approximate surface area is 87.0 Å². The molecule has 2 aromatic rings. The zero-order chi connectivity index (χ0) is 11.0. The average molecular weight is 207 g/mol. The van der Waals surface area contributed by atoms with Crippen molar-refractivity contribution in [1.82, 2.24) is 14.8 Å². The van der Waals surface area contributed by atoms with Gasteiger partial charge >= 0.3 is 5.97 Å². The molecule has 2 aromatic heterocycles. The van der Waals surface area contributed by atoms with E-state index in [1.165, 1.54) is 0 Å². The molecule has 1 N–H and O–H groups in total. The second-order valence-corrected chi connectivity index (χ2v) is 3.37. The first-order valence-corrected chi connectivity index (χ1v) is 4.83. The smallest absolute Gasteiger partial charge is 0.354 e. The fraction of sp³-hybridized carbons (Fsp3) is 0.400. The van der Waals surface area contributed by atoms with Crippen LogP contribution in [0.25, 0.3) is 11.0 Å². The molecule has 0 bridgehead atoms. The molecule has 80 valence electrons. The highest BCUT2D eigenvalue weighted by Crippen LogP contribution is 2.18. The van der Waals surface area contributed by atoms with E-state index in [1.807, 2.05) is 14.0 Å². The van der Waals surface area contributed by atoms with Crippen molar-refractivity contribution in [3.63, 3.8) is 0 Å². The summed E-state index contributed by atoms with van der Waals surface area (Å²) < 4.78 is 6.62. The van der Waals surface area contributed by atoms with E-state index in [2.05, 4.69) is 10.1 Å². The number of carbonyl (C=O) groups excluding carboxylic acids is 1. The highest BCUT2D eigenvalue weighted by Gasteiger charge is 2.14. The summed E-state index contributed by atoms with van der Waals surface area (Å²) in [6.45, 7) is 4.07. The summed E-state index contributed by atoms with van der Waals surface area (Å²) in [7, 11) is 1.83. The van der Waals surface area contributed by atoms with Crippen LogP contribution in [0.4, 0.5) is 0 Å². The van der Waals surface area contributed by atoms with E-state index < -0.39 is 0 Å². The first-order valence-electron chi connectivity index (χ1n) is 4.83. The lowest BCUT2D eigenvalue weighted by Gasteiger charge is -1.97. The van der Waals surface area contributed by atoms with Crippen molar-refractivity contribution in [2.75, 3.05) is 6.61 Å². The van der Waals surface area contributed by atoms with E-state index in [0.717, 1.165) is 16.7 Å². The molecule has 0 aromatic carbocycles. The number of esters is 1. The van der Waals surface area contributed by atoms with E-state index in [0.29, 0.717) is 12.3 Å². The van der Waals surface area contributed by atoms with E-state index in [1.54, 1.807) is 17.7 Å². The van der Waals surface area contributed by atoms with Crippen LogP contribution in [-0.2, 0) is 11.8 Å². The summed E-state index contributed by atoms with van der Waals surface area (Å²) >= 11 is 0. The molecule has 0 aliphatic heterocycles. The third kappa shape index (κ3) is 1.49. The number of hydrogen-bond acceptors (Lipinski definition) is 3. The molecule has 0 fully saturated rings. The van der Waals surface area contributed by atoms with Gasteiger partial charge < -0.3 is 9.72 Å². The van der Waals surface area contributed by atoms with Gasteiger partial charge in [-0.15, -0.1) is 0 Å². The van der Waals surface area contributed by atoms with Gasteiger partial charge in [-0.25, -0.2) is 4.79 Å². The van der Waals surface area contributed by atoms with Crippen LogP contribution in [-0.4, -0.2) is 27.3 Å². The minimum Gasteiger partial charge on any atom is -0.461 e. The lowest BCUT2D eigenvalue weighted by atomic mass is 10.3. The highest BCUT2D eigenvalue weighted by molar-refractivity contribution is 5.94. The maximum absolute atomic E-state index is 11.5. The second kappa shape index (κ2) is 3.42. The van der Waals surface area contributed by atoms with Gasteiger partial charge in [0.1, 0.15) is 11.3 Å². The average Bonchev–Trinajstić information content (AvgIpc) is 2.70. The number of fused-ring (bicyclic) bond motifs is 1. The minimum atomic E-state index is -0.326. The van der Waals surface area contributed by atoms with Crippen LogP contribution in [0.3, 0.4) is 0 Å². The van der Waals surface area contributed by atoms with E-state index in [9.17, 15) is 4.79 Å². The Hall–Kier alpha value is -1.78. The zero-order valence-electron chi connectivity index (χ0n) is 9.00. The van der Waals surface area contributed by atoms with Gasteiger partial charge in [0.05, 0.1) is 12.3 Å². The molecule has 2 rings (SSSR count). The van der Waals surface area contributed by atoms with Gasteiger partial charge in [-0.2, -0.15) is 5.10 Å². The van der Waals surface area contributed by atoms with E-state index in [-0.39, 0.29) is 5.97 Å². The molecule has 15 heavy (non-hydrogen) atoms. The summed E-state index contributed by atoms with van der Waals surface area (Å²) in [4.78, 5) is 14.4. The molecule has 5 heteroatoms. The number of carbonyl (C=O) groups is 1. The number of aryl methyl sites for hydroxylation is 2. The Morgan fingerprint density at radius 3 is 3.00 bits per heavy atom.